The Morgan fingerprint density at radius 1 is 1.42 bits per heavy atom. The zero-order valence-electron chi connectivity index (χ0n) is 10.9. The summed E-state index contributed by atoms with van der Waals surface area (Å²) in [6.07, 6.45) is 3.71. The second-order valence-corrected chi connectivity index (χ2v) is 5.89. The summed E-state index contributed by atoms with van der Waals surface area (Å²) in [7, 11) is 0. The van der Waals surface area contributed by atoms with Crippen molar-refractivity contribution < 1.29 is 4.79 Å². The lowest BCUT2D eigenvalue weighted by atomic mass is 10.2. The summed E-state index contributed by atoms with van der Waals surface area (Å²) in [5, 5.41) is 2.84. The summed E-state index contributed by atoms with van der Waals surface area (Å²) < 4.78 is 0. The van der Waals surface area contributed by atoms with Crippen LogP contribution < -0.4 is 10.7 Å². The number of nitrogens with one attached hydrogen (secondary N) is 2. The molecular weight excluding hydrogens is 260 g/mol. The summed E-state index contributed by atoms with van der Waals surface area (Å²) in [6.45, 7) is 3.99. The van der Waals surface area contributed by atoms with Gasteiger partial charge in [0.1, 0.15) is 5.56 Å². The Hall–Kier alpha value is -1.88. The van der Waals surface area contributed by atoms with Gasteiger partial charge in [-0.2, -0.15) is 0 Å². The van der Waals surface area contributed by atoms with Crippen molar-refractivity contribution in [2.75, 3.05) is 0 Å². The Morgan fingerprint density at radius 3 is 2.84 bits per heavy atom. The molecule has 5 heteroatoms. The van der Waals surface area contributed by atoms with Gasteiger partial charge in [-0.1, -0.05) is 0 Å². The van der Waals surface area contributed by atoms with Crippen LogP contribution in [-0.4, -0.2) is 16.9 Å². The molecule has 0 aliphatic heterocycles. The molecule has 2 heterocycles. The van der Waals surface area contributed by atoms with Gasteiger partial charge in [0.2, 0.25) is 0 Å². The molecule has 0 saturated carbocycles. The van der Waals surface area contributed by atoms with Crippen LogP contribution in [0.3, 0.4) is 0 Å². The second-order valence-electron chi connectivity index (χ2n) is 4.51. The van der Waals surface area contributed by atoms with Gasteiger partial charge >= 0.3 is 0 Å². The summed E-state index contributed by atoms with van der Waals surface area (Å²) in [5.41, 5.74) is -0.118. The highest BCUT2D eigenvalue weighted by Gasteiger charge is 2.13. The number of hydrogen-bond acceptors (Lipinski definition) is 3. The largest absolute Gasteiger partial charge is 0.367 e. The normalized spacial score (nSPS) is 12.1. The van der Waals surface area contributed by atoms with Crippen molar-refractivity contribution in [2.45, 2.75) is 26.3 Å². The fraction of sp³-hybridized carbons (Fsp3) is 0.286. The van der Waals surface area contributed by atoms with Crippen LogP contribution >= 0.6 is 11.3 Å². The molecule has 0 fully saturated rings. The second kappa shape index (κ2) is 5.84. The first-order valence-corrected chi connectivity index (χ1v) is 6.91. The molecule has 1 amide bonds. The van der Waals surface area contributed by atoms with Crippen molar-refractivity contribution >= 4 is 17.2 Å². The van der Waals surface area contributed by atoms with Crippen LogP contribution in [0.5, 0.6) is 0 Å². The quantitative estimate of drug-likeness (QED) is 0.898. The molecule has 4 nitrogen and oxygen atoms in total. The number of aromatic nitrogens is 1. The van der Waals surface area contributed by atoms with E-state index in [2.05, 4.69) is 29.4 Å². The number of hydrogen-bond donors (Lipinski definition) is 2. The van der Waals surface area contributed by atoms with Crippen molar-refractivity contribution in [1.29, 1.82) is 0 Å². The van der Waals surface area contributed by atoms with E-state index >= 15 is 0 Å². The van der Waals surface area contributed by atoms with E-state index < -0.39 is 0 Å². The van der Waals surface area contributed by atoms with Gasteiger partial charge in [-0.15, -0.1) is 11.3 Å². The van der Waals surface area contributed by atoms with E-state index in [9.17, 15) is 9.59 Å². The van der Waals surface area contributed by atoms with E-state index in [0.29, 0.717) is 0 Å². The number of carbonyl (C=O) groups excluding carboxylic acids is 1. The van der Waals surface area contributed by atoms with Crippen molar-refractivity contribution in [2.24, 2.45) is 0 Å². The highest BCUT2D eigenvalue weighted by atomic mass is 32.1. The first-order valence-electron chi connectivity index (χ1n) is 6.09. The molecule has 1 atom stereocenters. The predicted octanol–water partition coefficient (Wildman–Crippen LogP) is 2.11. The number of H-pyrrole nitrogens is 1. The third-order valence-electron chi connectivity index (χ3n) is 2.75. The highest BCUT2D eigenvalue weighted by molar-refractivity contribution is 7.11. The molecule has 19 heavy (non-hydrogen) atoms. The molecule has 2 N–H and O–H groups in total. The number of pyridine rings is 1. The van der Waals surface area contributed by atoms with Crippen LogP contribution in [0, 0.1) is 6.92 Å². The summed E-state index contributed by atoms with van der Waals surface area (Å²) in [6, 6.07) is 5.47. The van der Waals surface area contributed by atoms with Gasteiger partial charge in [0.05, 0.1) is 0 Å². The van der Waals surface area contributed by atoms with Gasteiger partial charge in [0, 0.05) is 40.7 Å². The van der Waals surface area contributed by atoms with Crippen LogP contribution in [-0.2, 0) is 6.42 Å². The first-order chi connectivity index (χ1) is 9.06. The van der Waals surface area contributed by atoms with Crippen LogP contribution in [0.15, 0.2) is 35.4 Å². The minimum Gasteiger partial charge on any atom is -0.367 e. The lowest BCUT2D eigenvalue weighted by Crippen LogP contribution is -2.36. The van der Waals surface area contributed by atoms with Crippen LogP contribution in [0.4, 0.5) is 0 Å². The molecule has 2 aromatic rings. The average molecular weight is 276 g/mol. The highest BCUT2D eigenvalue weighted by Crippen LogP contribution is 2.16. The number of amides is 1. The number of aryl methyl sites for hydroxylation is 1. The van der Waals surface area contributed by atoms with Gasteiger partial charge in [-0.05, 0) is 26.0 Å². The van der Waals surface area contributed by atoms with Crippen LogP contribution in [0.1, 0.15) is 27.0 Å². The SMILES string of the molecule is Cc1ccc(CC(C)NC(=O)c2c[nH]ccc2=O)s1. The van der Waals surface area contributed by atoms with Gasteiger partial charge in [0.25, 0.3) is 5.91 Å². The van der Waals surface area contributed by atoms with E-state index in [4.69, 9.17) is 0 Å². The van der Waals surface area contributed by atoms with Crippen LogP contribution in [0.2, 0.25) is 0 Å². The minimum atomic E-state index is -0.331. The Bertz CT molecular complexity index is 630. The standard InChI is InChI=1S/C14H16N2O2S/c1-9(7-11-4-3-10(2)19-11)16-14(18)12-8-15-6-5-13(12)17/h3-6,8-9H,7H2,1-2H3,(H,15,17)(H,16,18). The van der Waals surface area contributed by atoms with Crippen molar-refractivity contribution in [3.63, 3.8) is 0 Å². The number of thiophene rings is 1. The Morgan fingerprint density at radius 2 is 2.21 bits per heavy atom. The maximum Gasteiger partial charge on any atom is 0.256 e. The molecule has 0 spiro atoms. The fourth-order valence-electron chi connectivity index (χ4n) is 1.84. The van der Waals surface area contributed by atoms with Crippen LogP contribution in [0.25, 0.3) is 0 Å². The third kappa shape index (κ3) is 3.54. The van der Waals surface area contributed by atoms with Crippen molar-refractivity contribution in [3.8, 4) is 0 Å². The molecule has 2 aromatic heterocycles. The average Bonchev–Trinajstić information content (AvgIpc) is 2.74. The van der Waals surface area contributed by atoms with Gasteiger partial charge < -0.3 is 10.3 Å². The molecule has 2 rings (SSSR count). The van der Waals surface area contributed by atoms with E-state index in [1.54, 1.807) is 11.3 Å². The molecule has 0 aliphatic carbocycles. The lowest BCUT2D eigenvalue weighted by molar-refractivity contribution is 0.0939. The molecule has 100 valence electrons. The molecule has 0 aliphatic rings. The third-order valence-corrected chi connectivity index (χ3v) is 3.77. The van der Waals surface area contributed by atoms with Crippen molar-refractivity contribution in [1.82, 2.24) is 10.3 Å². The molecule has 1 unspecified atom stereocenters. The lowest BCUT2D eigenvalue weighted by Gasteiger charge is -2.12. The number of aromatic amines is 1. The minimum absolute atomic E-state index is 0.00911. The molecule has 0 saturated heterocycles. The van der Waals surface area contributed by atoms with E-state index in [-0.39, 0.29) is 22.9 Å². The van der Waals surface area contributed by atoms with E-state index in [0.717, 1.165) is 6.42 Å². The molecular formula is C14H16N2O2S. The number of carbonyl (C=O) groups is 1. The van der Waals surface area contributed by atoms with Gasteiger partial charge in [0.15, 0.2) is 5.43 Å². The topological polar surface area (TPSA) is 62.0 Å². The van der Waals surface area contributed by atoms with Crippen molar-refractivity contribution in [3.05, 3.63) is 56.1 Å². The maximum atomic E-state index is 11.9. The van der Waals surface area contributed by atoms with E-state index in [1.165, 1.54) is 28.2 Å². The zero-order chi connectivity index (χ0) is 13.8. The van der Waals surface area contributed by atoms with E-state index in [1.807, 2.05) is 6.92 Å². The Labute approximate surface area is 115 Å². The molecule has 0 bridgehead atoms. The monoisotopic (exact) mass is 276 g/mol. The first kappa shape index (κ1) is 13.5. The fourth-order valence-corrected chi connectivity index (χ4v) is 2.86. The maximum absolute atomic E-state index is 11.9. The summed E-state index contributed by atoms with van der Waals surface area (Å²) in [5.74, 6) is -0.331. The smallest absolute Gasteiger partial charge is 0.256 e. The predicted molar refractivity (Wildman–Crippen MR) is 76.8 cm³/mol. The van der Waals surface area contributed by atoms with Gasteiger partial charge in [-0.3, -0.25) is 9.59 Å². The molecule has 0 radical (unpaired) electrons. The Kier molecular flexibility index (Phi) is 4.16. The summed E-state index contributed by atoms with van der Waals surface area (Å²) >= 11 is 1.72. The zero-order valence-corrected chi connectivity index (χ0v) is 11.7. The Balaban J connectivity index is 1.99. The number of rotatable bonds is 4. The van der Waals surface area contributed by atoms with Gasteiger partial charge in [-0.25, -0.2) is 0 Å². The molecule has 0 aromatic carbocycles. The summed E-state index contributed by atoms with van der Waals surface area (Å²) in [4.78, 5) is 28.7.